The molecule has 0 aliphatic heterocycles. The summed E-state index contributed by atoms with van der Waals surface area (Å²) < 4.78 is 1.21. The van der Waals surface area contributed by atoms with Crippen LogP contribution in [0.5, 0.6) is 0 Å². The molecule has 17 heavy (non-hydrogen) atoms. The zero-order valence-corrected chi connectivity index (χ0v) is 12.0. The smallest absolute Gasteiger partial charge is 0.0178 e. The molecule has 0 spiro atoms. The second kappa shape index (κ2) is 4.28. The third-order valence-corrected chi connectivity index (χ3v) is 4.79. The van der Waals surface area contributed by atoms with E-state index in [1.54, 1.807) is 5.57 Å². The molecule has 0 nitrogen and oxygen atoms in total. The van der Waals surface area contributed by atoms with Gasteiger partial charge in [0.25, 0.3) is 0 Å². The number of rotatable bonds is 2. The first-order valence-electron chi connectivity index (χ1n) is 6.65. The maximum Gasteiger partial charge on any atom is 0.0178 e. The molecule has 2 aliphatic rings. The number of halogens is 1. The lowest BCUT2D eigenvalue weighted by Crippen LogP contribution is -2.39. The maximum absolute atomic E-state index is 3.60. The van der Waals surface area contributed by atoms with Crippen LogP contribution in [0.1, 0.15) is 44.6 Å². The van der Waals surface area contributed by atoms with Crippen LogP contribution in [0.2, 0.25) is 0 Å². The van der Waals surface area contributed by atoms with Gasteiger partial charge in [0.15, 0.2) is 0 Å². The molecule has 0 heterocycles. The first kappa shape index (κ1) is 11.5. The Balaban J connectivity index is 1.94. The van der Waals surface area contributed by atoms with E-state index in [-0.39, 0.29) is 0 Å². The van der Waals surface area contributed by atoms with Gasteiger partial charge in [-0.25, -0.2) is 0 Å². The molecule has 0 radical (unpaired) electrons. The number of benzene rings is 1. The molecule has 0 unspecified atom stereocenters. The predicted octanol–water partition coefficient (Wildman–Crippen LogP) is 5.23. The van der Waals surface area contributed by atoms with E-state index in [9.17, 15) is 0 Å². The number of hydrogen-bond acceptors (Lipinski definition) is 0. The van der Waals surface area contributed by atoms with Gasteiger partial charge in [-0.15, -0.1) is 0 Å². The van der Waals surface area contributed by atoms with Crippen molar-refractivity contribution in [2.75, 3.05) is 0 Å². The standard InChI is InChI=1S/C16H19Br/c1-12-9-16(10-12,11-13-4-2-5-13)14-6-3-7-15(17)8-14/h3,6-8,11-12H,2,4-5,9-10H2,1H3. The van der Waals surface area contributed by atoms with E-state index in [1.807, 2.05) is 0 Å². The second-order valence-corrected chi connectivity index (χ2v) is 6.75. The molecular formula is C16H19Br. The van der Waals surface area contributed by atoms with Gasteiger partial charge in [0.05, 0.1) is 0 Å². The van der Waals surface area contributed by atoms with Crippen molar-refractivity contribution in [2.24, 2.45) is 5.92 Å². The summed E-state index contributed by atoms with van der Waals surface area (Å²) in [5.74, 6) is 0.880. The van der Waals surface area contributed by atoms with Crippen molar-refractivity contribution in [3.63, 3.8) is 0 Å². The van der Waals surface area contributed by atoms with Crippen molar-refractivity contribution in [1.82, 2.24) is 0 Å². The Bertz CT molecular complexity index is 446. The van der Waals surface area contributed by atoms with Crippen LogP contribution in [-0.4, -0.2) is 0 Å². The normalized spacial score (nSPS) is 31.6. The average Bonchev–Trinajstić information content (AvgIpc) is 2.20. The van der Waals surface area contributed by atoms with Gasteiger partial charge in [-0.2, -0.15) is 0 Å². The molecule has 2 fully saturated rings. The summed E-state index contributed by atoms with van der Waals surface area (Å²) in [6.45, 7) is 2.37. The van der Waals surface area contributed by atoms with Crippen LogP contribution >= 0.6 is 15.9 Å². The van der Waals surface area contributed by atoms with Crippen LogP contribution in [-0.2, 0) is 5.41 Å². The molecule has 2 saturated carbocycles. The summed E-state index contributed by atoms with van der Waals surface area (Å²) in [5, 5.41) is 0. The van der Waals surface area contributed by atoms with Crippen molar-refractivity contribution in [3.05, 3.63) is 46.0 Å². The molecule has 0 aromatic heterocycles. The van der Waals surface area contributed by atoms with Gasteiger partial charge in [-0.3, -0.25) is 0 Å². The van der Waals surface area contributed by atoms with E-state index < -0.39 is 0 Å². The molecule has 90 valence electrons. The van der Waals surface area contributed by atoms with Crippen molar-refractivity contribution < 1.29 is 0 Å². The highest BCUT2D eigenvalue weighted by Crippen LogP contribution is 2.50. The molecular weight excluding hydrogens is 272 g/mol. The highest BCUT2D eigenvalue weighted by atomic mass is 79.9. The van der Waals surface area contributed by atoms with E-state index in [4.69, 9.17) is 0 Å². The highest BCUT2D eigenvalue weighted by molar-refractivity contribution is 9.10. The number of hydrogen-bond donors (Lipinski definition) is 0. The topological polar surface area (TPSA) is 0 Å². The Hall–Kier alpha value is -0.560. The van der Waals surface area contributed by atoms with Crippen molar-refractivity contribution >= 4 is 15.9 Å². The summed E-state index contributed by atoms with van der Waals surface area (Å²) >= 11 is 3.60. The van der Waals surface area contributed by atoms with Crippen molar-refractivity contribution in [3.8, 4) is 0 Å². The minimum atomic E-state index is 0.360. The fraction of sp³-hybridized carbons (Fsp3) is 0.500. The Morgan fingerprint density at radius 3 is 2.59 bits per heavy atom. The summed E-state index contributed by atoms with van der Waals surface area (Å²) in [7, 11) is 0. The highest BCUT2D eigenvalue weighted by Gasteiger charge is 2.42. The van der Waals surface area contributed by atoms with Crippen LogP contribution in [0.3, 0.4) is 0 Å². The Morgan fingerprint density at radius 2 is 2.06 bits per heavy atom. The molecule has 0 saturated heterocycles. The van der Waals surface area contributed by atoms with Gasteiger partial charge in [-0.1, -0.05) is 46.6 Å². The molecule has 0 bridgehead atoms. The minimum Gasteiger partial charge on any atom is -0.0747 e. The van der Waals surface area contributed by atoms with Crippen molar-refractivity contribution in [2.45, 2.75) is 44.4 Å². The predicted molar refractivity (Wildman–Crippen MR) is 76.2 cm³/mol. The summed E-state index contributed by atoms with van der Waals surface area (Å²) in [4.78, 5) is 0. The maximum atomic E-state index is 3.60. The second-order valence-electron chi connectivity index (χ2n) is 5.84. The van der Waals surface area contributed by atoms with Crippen LogP contribution in [0, 0.1) is 5.92 Å². The summed E-state index contributed by atoms with van der Waals surface area (Å²) in [6, 6.07) is 8.90. The van der Waals surface area contributed by atoms with Gasteiger partial charge in [-0.05, 0) is 55.7 Å². The van der Waals surface area contributed by atoms with E-state index in [2.05, 4.69) is 53.2 Å². The van der Waals surface area contributed by atoms with Gasteiger partial charge >= 0.3 is 0 Å². The largest absolute Gasteiger partial charge is 0.0747 e. The molecule has 0 atom stereocenters. The lowest BCUT2D eigenvalue weighted by atomic mass is 9.58. The zero-order chi connectivity index (χ0) is 11.9. The molecule has 1 aromatic carbocycles. The lowest BCUT2D eigenvalue weighted by molar-refractivity contribution is 0.206. The van der Waals surface area contributed by atoms with Gasteiger partial charge in [0.2, 0.25) is 0 Å². The fourth-order valence-corrected chi connectivity index (χ4v) is 3.73. The van der Waals surface area contributed by atoms with Crippen LogP contribution < -0.4 is 0 Å². The molecule has 1 aromatic rings. The van der Waals surface area contributed by atoms with Gasteiger partial charge in [0, 0.05) is 9.89 Å². The van der Waals surface area contributed by atoms with E-state index in [1.165, 1.54) is 42.1 Å². The monoisotopic (exact) mass is 290 g/mol. The first-order chi connectivity index (χ1) is 8.18. The van der Waals surface area contributed by atoms with E-state index in [0.29, 0.717) is 5.41 Å². The zero-order valence-electron chi connectivity index (χ0n) is 10.4. The molecule has 0 N–H and O–H groups in total. The average molecular weight is 291 g/mol. The molecule has 1 heteroatoms. The number of allylic oxidation sites excluding steroid dienone is 2. The van der Waals surface area contributed by atoms with Gasteiger partial charge < -0.3 is 0 Å². The van der Waals surface area contributed by atoms with E-state index in [0.717, 1.165) is 5.92 Å². The fourth-order valence-electron chi connectivity index (χ4n) is 3.33. The summed E-state index contributed by atoms with van der Waals surface area (Å²) in [6.07, 6.45) is 9.32. The van der Waals surface area contributed by atoms with Crippen LogP contribution in [0.25, 0.3) is 0 Å². The van der Waals surface area contributed by atoms with Crippen LogP contribution in [0.4, 0.5) is 0 Å². The first-order valence-corrected chi connectivity index (χ1v) is 7.44. The van der Waals surface area contributed by atoms with Crippen LogP contribution in [0.15, 0.2) is 40.4 Å². The third kappa shape index (κ3) is 2.10. The Kier molecular flexibility index (Phi) is 2.90. The molecule has 0 amide bonds. The van der Waals surface area contributed by atoms with E-state index >= 15 is 0 Å². The minimum absolute atomic E-state index is 0.360. The Morgan fingerprint density at radius 1 is 1.29 bits per heavy atom. The molecule has 3 rings (SSSR count). The Labute approximate surface area is 112 Å². The third-order valence-electron chi connectivity index (χ3n) is 4.30. The SMILES string of the molecule is CC1CC(C=C2CCC2)(c2cccc(Br)c2)C1. The summed E-state index contributed by atoms with van der Waals surface area (Å²) in [5.41, 5.74) is 3.56. The van der Waals surface area contributed by atoms with Gasteiger partial charge in [0.1, 0.15) is 0 Å². The lowest BCUT2D eigenvalue weighted by Gasteiger charge is -2.46. The van der Waals surface area contributed by atoms with Crippen molar-refractivity contribution in [1.29, 1.82) is 0 Å². The molecule has 2 aliphatic carbocycles. The quantitative estimate of drug-likeness (QED) is 0.655.